The quantitative estimate of drug-likeness (QED) is 0.880. The van der Waals surface area contributed by atoms with Gasteiger partial charge in [-0.15, -0.1) is 0 Å². The minimum atomic E-state index is -3.19. The van der Waals surface area contributed by atoms with E-state index in [-0.39, 0.29) is 17.7 Å². The molecule has 0 bridgehead atoms. The molecule has 0 aliphatic rings. The van der Waals surface area contributed by atoms with E-state index in [0.717, 1.165) is 11.3 Å². The fraction of sp³-hybridized carbons (Fsp3) is 0.636. The molecule has 1 heterocycles. The summed E-state index contributed by atoms with van der Waals surface area (Å²) in [7, 11) is -3.19. The Kier molecular flexibility index (Phi) is 4.21. The fourth-order valence-corrected chi connectivity index (χ4v) is 2.03. The van der Waals surface area contributed by atoms with Crippen LogP contribution in [0.4, 0.5) is 0 Å². The summed E-state index contributed by atoms with van der Waals surface area (Å²) in [4.78, 5) is 8.17. The Hall–Kier alpha value is -1.01. The van der Waals surface area contributed by atoms with Crippen LogP contribution >= 0.6 is 0 Å². The number of hydrogen-bond acceptors (Lipinski definition) is 4. The normalized spacial score (nSPS) is 12.7. The molecular weight excluding hydrogens is 238 g/mol. The van der Waals surface area contributed by atoms with Gasteiger partial charge in [0.1, 0.15) is 6.33 Å². The maximum atomic E-state index is 11.4. The lowest BCUT2D eigenvalue weighted by atomic mass is 9.89. The van der Waals surface area contributed by atoms with E-state index in [9.17, 15) is 8.42 Å². The molecule has 0 amide bonds. The SMILES string of the molecule is CCS(=O)(=O)NCc1cncnc1C(C)(C)C. The van der Waals surface area contributed by atoms with E-state index in [2.05, 4.69) is 14.7 Å². The molecule has 96 valence electrons. The second-order valence-corrected chi connectivity index (χ2v) is 6.97. The summed E-state index contributed by atoms with van der Waals surface area (Å²) < 4.78 is 25.3. The second kappa shape index (κ2) is 5.10. The molecule has 1 aromatic heterocycles. The van der Waals surface area contributed by atoms with Gasteiger partial charge in [-0.1, -0.05) is 20.8 Å². The van der Waals surface area contributed by atoms with Crippen LogP contribution < -0.4 is 4.72 Å². The van der Waals surface area contributed by atoms with Gasteiger partial charge in [-0.25, -0.2) is 23.1 Å². The molecule has 0 aliphatic heterocycles. The van der Waals surface area contributed by atoms with E-state index < -0.39 is 10.0 Å². The third-order valence-electron chi connectivity index (χ3n) is 2.36. The molecule has 17 heavy (non-hydrogen) atoms. The summed E-state index contributed by atoms with van der Waals surface area (Å²) in [5.74, 6) is 0.0749. The molecule has 6 heteroatoms. The maximum Gasteiger partial charge on any atom is 0.211 e. The van der Waals surface area contributed by atoms with Crippen molar-refractivity contribution in [3.8, 4) is 0 Å². The van der Waals surface area contributed by atoms with Crippen molar-refractivity contribution in [2.75, 3.05) is 5.75 Å². The van der Waals surface area contributed by atoms with Crippen LogP contribution in [0.3, 0.4) is 0 Å². The van der Waals surface area contributed by atoms with Crippen LogP contribution in [-0.4, -0.2) is 24.1 Å². The Balaban J connectivity index is 2.93. The third-order valence-corrected chi connectivity index (χ3v) is 3.71. The molecule has 0 aliphatic carbocycles. The number of hydrogen-bond donors (Lipinski definition) is 1. The van der Waals surface area contributed by atoms with Gasteiger partial charge in [-0.05, 0) is 6.92 Å². The van der Waals surface area contributed by atoms with Gasteiger partial charge in [0.15, 0.2) is 0 Å². The molecule has 0 radical (unpaired) electrons. The number of rotatable bonds is 4. The molecule has 1 rings (SSSR count). The minimum absolute atomic E-state index is 0.0749. The zero-order valence-electron chi connectivity index (χ0n) is 10.7. The highest BCUT2D eigenvalue weighted by Gasteiger charge is 2.20. The van der Waals surface area contributed by atoms with E-state index in [0.29, 0.717) is 0 Å². The number of nitrogens with zero attached hydrogens (tertiary/aromatic N) is 2. The third kappa shape index (κ3) is 4.05. The van der Waals surface area contributed by atoms with Gasteiger partial charge in [0.05, 0.1) is 11.4 Å². The first-order chi connectivity index (χ1) is 7.76. The fourth-order valence-electron chi connectivity index (χ4n) is 1.45. The monoisotopic (exact) mass is 257 g/mol. The van der Waals surface area contributed by atoms with Crippen LogP contribution in [0.2, 0.25) is 0 Å². The molecule has 0 spiro atoms. The zero-order chi connectivity index (χ0) is 13.1. The van der Waals surface area contributed by atoms with Crippen LogP contribution in [0.15, 0.2) is 12.5 Å². The van der Waals surface area contributed by atoms with E-state index >= 15 is 0 Å². The van der Waals surface area contributed by atoms with Crippen LogP contribution in [0, 0.1) is 0 Å². The average molecular weight is 257 g/mol. The van der Waals surface area contributed by atoms with Crippen molar-refractivity contribution >= 4 is 10.0 Å². The molecule has 0 saturated heterocycles. The Morgan fingerprint density at radius 3 is 2.53 bits per heavy atom. The van der Waals surface area contributed by atoms with Crippen molar-refractivity contribution in [1.29, 1.82) is 0 Å². The Labute approximate surface area is 103 Å². The molecule has 1 aromatic rings. The highest BCUT2D eigenvalue weighted by Crippen LogP contribution is 2.22. The summed E-state index contributed by atoms with van der Waals surface area (Å²) in [6, 6.07) is 0. The summed E-state index contributed by atoms with van der Waals surface area (Å²) >= 11 is 0. The summed E-state index contributed by atoms with van der Waals surface area (Å²) in [6.45, 7) is 7.95. The van der Waals surface area contributed by atoms with Gasteiger partial charge in [-0.2, -0.15) is 0 Å². The van der Waals surface area contributed by atoms with Crippen LogP contribution in [0.25, 0.3) is 0 Å². The van der Waals surface area contributed by atoms with Gasteiger partial charge in [0, 0.05) is 23.7 Å². The summed E-state index contributed by atoms with van der Waals surface area (Å²) in [5, 5.41) is 0. The predicted octanol–water partition coefficient (Wildman–Crippen LogP) is 1.21. The first kappa shape index (κ1) is 14.1. The first-order valence-electron chi connectivity index (χ1n) is 5.53. The van der Waals surface area contributed by atoms with Crippen molar-refractivity contribution in [3.63, 3.8) is 0 Å². The first-order valence-corrected chi connectivity index (χ1v) is 7.18. The standard InChI is InChI=1S/C11H19N3O2S/c1-5-17(15,16)14-7-9-6-12-8-13-10(9)11(2,3)4/h6,8,14H,5,7H2,1-4H3. The molecule has 0 unspecified atom stereocenters. The van der Waals surface area contributed by atoms with Crippen molar-refractivity contribution < 1.29 is 8.42 Å². The molecule has 0 aromatic carbocycles. The van der Waals surface area contributed by atoms with Crippen molar-refractivity contribution in [2.45, 2.75) is 39.7 Å². The Morgan fingerprint density at radius 1 is 1.35 bits per heavy atom. The number of nitrogens with one attached hydrogen (secondary N) is 1. The van der Waals surface area contributed by atoms with E-state index in [4.69, 9.17) is 0 Å². The van der Waals surface area contributed by atoms with E-state index in [1.807, 2.05) is 20.8 Å². The van der Waals surface area contributed by atoms with Gasteiger partial charge in [0.25, 0.3) is 0 Å². The lowest BCUT2D eigenvalue weighted by Crippen LogP contribution is -2.27. The smallest absolute Gasteiger partial charge is 0.211 e. The average Bonchev–Trinajstić information content (AvgIpc) is 2.26. The van der Waals surface area contributed by atoms with Gasteiger partial charge < -0.3 is 0 Å². The van der Waals surface area contributed by atoms with Crippen LogP contribution in [0.1, 0.15) is 39.0 Å². The largest absolute Gasteiger partial charge is 0.244 e. The molecule has 0 fully saturated rings. The van der Waals surface area contributed by atoms with Gasteiger partial charge in [0.2, 0.25) is 10.0 Å². The zero-order valence-corrected chi connectivity index (χ0v) is 11.5. The number of aromatic nitrogens is 2. The van der Waals surface area contributed by atoms with E-state index in [1.54, 1.807) is 13.1 Å². The minimum Gasteiger partial charge on any atom is -0.244 e. The lowest BCUT2D eigenvalue weighted by molar-refractivity contribution is 0.551. The van der Waals surface area contributed by atoms with E-state index in [1.165, 1.54) is 6.33 Å². The van der Waals surface area contributed by atoms with Crippen LogP contribution in [0.5, 0.6) is 0 Å². The highest BCUT2D eigenvalue weighted by atomic mass is 32.2. The maximum absolute atomic E-state index is 11.4. The molecule has 0 saturated carbocycles. The van der Waals surface area contributed by atoms with Crippen molar-refractivity contribution in [2.24, 2.45) is 0 Å². The topological polar surface area (TPSA) is 72.0 Å². The Morgan fingerprint density at radius 2 is 2.00 bits per heavy atom. The molecular formula is C11H19N3O2S. The Bertz CT molecular complexity index is 478. The predicted molar refractivity (Wildman–Crippen MR) is 67.0 cm³/mol. The summed E-state index contributed by atoms with van der Waals surface area (Å²) in [5.41, 5.74) is 1.55. The lowest BCUT2D eigenvalue weighted by Gasteiger charge is -2.20. The summed E-state index contributed by atoms with van der Waals surface area (Å²) in [6.07, 6.45) is 3.14. The molecule has 0 atom stereocenters. The second-order valence-electron chi connectivity index (χ2n) is 4.87. The molecule has 1 N–H and O–H groups in total. The number of sulfonamides is 1. The van der Waals surface area contributed by atoms with Crippen molar-refractivity contribution in [3.05, 3.63) is 23.8 Å². The highest BCUT2D eigenvalue weighted by molar-refractivity contribution is 7.89. The van der Waals surface area contributed by atoms with Crippen LogP contribution in [-0.2, 0) is 22.0 Å². The van der Waals surface area contributed by atoms with Gasteiger partial charge >= 0.3 is 0 Å². The van der Waals surface area contributed by atoms with Gasteiger partial charge in [-0.3, -0.25) is 0 Å². The van der Waals surface area contributed by atoms with Crippen molar-refractivity contribution in [1.82, 2.24) is 14.7 Å². The molecule has 5 nitrogen and oxygen atoms in total.